The van der Waals surface area contributed by atoms with Gasteiger partial charge in [0.2, 0.25) is 0 Å². The monoisotopic (exact) mass is 418 g/mol. The van der Waals surface area contributed by atoms with Crippen molar-refractivity contribution in [3.63, 3.8) is 0 Å². The normalized spacial score (nSPS) is 22.3. The fraction of sp³-hybridized carbons (Fsp3) is 0.304. The predicted molar refractivity (Wildman–Crippen MR) is 112 cm³/mol. The number of rotatable bonds is 4. The molecule has 3 aromatic rings. The Bertz CT molecular complexity index is 1100. The summed E-state index contributed by atoms with van der Waals surface area (Å²) < 4.78 is 7.40. The highest BCUT2D eigenvalue weighted by atomic mass is 16.5. The molecule has 1 N–H and O–H groups in total. The molecule has 1 saturated carbocycles. The summed E-state index contributed by atoms with van der Waals surface area (Å²) in [4.78, 5) is 29.5. The summed E-state index contributed by atoms with van der Waals surface area (Å²) in [7, 11) is 0. The molecule has 3 heterocycles. The van der Waals surface area contributed by atoms with Gasteiger partial charge in [-0.05, 0) is 66.1 Å². The number of fused-ring (bicyclic) bond motifs is 1. The Labute approximate surface area is 179 Å². The second-order valence-electron chi connectivity index (χ2n) is 8.13. The molecule has 158 valence electrons. The number of hydrogen-bond acceptors (Lipinski definition) is 5. The smallest absolute Gasteiger partial charge is 0.356 e. The van der Waals surface area contributed by atoms with E-state index in [0.717, 1.165) is 34.4 Å². The van der Waals surface area contributed by atoms with E-state index in [2.05, 4.69) is 22.2 Å². The third-order valence-electron chi connectivity index (χ3n) is 6.13. The van der Waals surface area contributed by atoms with Gasteiger partial charge in [0, 0.05) is 31.7 Å². The van der Waals surface area contributed by atoms with Crippen LogP contribution in [0.1, 0.15) is 23.3 Å². The molecule has 3 atom stereocenters. The van der Waals surface area contributed by atoms with Gasteiger partial charge in [-0.15, -0.1) is 0 Å². The first-order chi connectivity index (χ1) is 15.1. The summed E-state index contributed by atoms with van der Waals surface area (Å²) >= 11 is 0. The maximum atomic E-state index is 12.7. The predicted octanol–water partition coefficient (Wildman–Crippen LogP) is 3.40. The number of likely N-dealkylation sites (tertiary alicyclic amines) is 1. The van der Waals surface area contributed by atoms with Crippen molar-refractivity contribution in [2.75, 3.05) is 13.1 Å². The molecule has 0 radical (unpaired) electrons. The van der Waals surface area contributed by atoms with Crippen LogP contribution in [0.15, 0.2) is 61.1 Å². The van der Waals surface area contributed by atoms with Crippen LogP contribution >= 0.6 is 0 Å². The summed E-state index contributed by atoms with van der Waals surface area (Å²) in [5.41, 5.74) is 2.06. The van der Waals surface area contributed by atoms with Crippen LogP contribution in [0.2, 0.25) is 0 Å². The quantitative estimate of drug-likeness (QED) is 0.697. The zero-order valence-electron chi connectivity index (χ0n) is 16.8. The van der Waals surface area contributed by atoms with E-state index in [1.807, 2.05) is 24.3 Å². The van der Waals surface area contributed by atoms with E-state index in [4.69, 9.17) is 9.84 Å². The highest BCUT2D eigenvalue weighted by Gasteiger charge is 2.43. The largest absolute Gasteiger partial charge is 0.490 e. The molecule has 5 rings (SSSR count). The molecule has 2 aromatic heterocycles. The lowest BCUT2D eigenvalue weighted by molar-refractivity contribution is 0.0690. The fourth-order valence-electron chi connectivity index (χ4n) is 4.67. The Kier molecular flexibility index (Phi) is 4.89. The number of carbonyl (C=O) groups excluding carboxylic acids is 1. The van der Waals surface area contributed by atoms with Gasteiger partial charge < -0.3 is 14.7 Å². The molecule has 2 aliphatic rings. The molecule has 0 bridgehead atoms. The molecule has 1 aromatic carbocycles. The van der Waals surface area contributed by atoms with Crippen LogP contribution in [0.3, 0.4) is 0 Å². The molecule has 1 saturated heterocycles. The summed E-state index contributed by atoms with van der Waals surface area (Å²) in [5.74, 6) is 0.474. The first-order valence-corrected chi connectivity index (χ1v) is 10.3. The van der Waals surface area contributed by atoms with Crippen molar-refractivity contribution in [1.82, 2.24) is 19.7 Å². The number of carboxylic acid groups (broad SMARTS) is 1. The van der Waals surface area contributed by atoms with E-state index < -0.39 is 5.97 Å². The number of pyridine rings is 1. The van der Waals surface area contributed by atoms with Gasteiger partial charge >= 0.3 is 12.0 Å². The van der Waals surface area contributed by atoms with Crippen LogP contribution < -0.4 is 4.74 Å². The van der Waals surface area contributed by atoms with Crippen molar-refractivity contribution < 1.29 is 19.4 Å². The van der Waals surface area contributed by atoms with E-state index in [0.29, 0.717) is 24.9 Å². The Morgan fingerprint density at radius 3 is 2.42 bits per heavy atom. The minimum absolute atomic E-state index is 0.128. The molecule has 8 nitrogen and oxygen atoms in total. The second-order valence-corrected chi connectivity index (χ2v) is 8.13. The Balaban J connectivity index is 1.20. The zero-order chi connectivity index (χ0) is 21.4. The zero-order valence-corrected chi connectivity index (χ0v) is 16.8. The highest BCUT2D eigenvalue weighted by Crippen LogP contribution is 2.40. The molecule has 8 heteroatoms. The first kappa shape index (κ1) is 19.3. The number of carboxylic acids is 1. The van der Waals surface area contributed by atoms with Crippen LogP contribution in [-0.2, 0) is 0 Å². The summed E-state index contributed by atoms with van der Waals surface area (Å²) in [5, 5.41) is 12.8. The fourth-order valence-corrected chi connectivity index (χ4v) is 4.67. The van der Waals surface area contributed by atoms with E-state index >= 15 is 0 Å². The molecule has 1 amide bonds. The molecular formula is C23H22N4O4. The maximum Gasteiger partial charge on any atom is 0.356 e. The first-order valence-electron chi connectivity index (χ1n) is 10.3. The minimum atomic E-state index is -1.14. The molecule has 1 aliphatic heterocycles. The van der Waals surface area contributed by atoms with E-state index in [9.17, 15) is 9.59 Å². The molecule has 1 aliphatic carbocycles. The number of hydrogen-bond donors (Lipinski definition) is 1. The van der Waals surface area contributed by atoms with Gasteiger partial charge in [-0.25, -0.2) is 9.59 Å². The molecule has 0 spiro atoms. The van der Waals surface area contributed by atoms with Gasteiger partial charge in [-0.3, -0.25) is 4.98 Å². The lowest BCUT2D eigenvalue weighted by Crippen LogP contribution is -2.34. The summed E-state index contributed by atoms with van der Waals surface area (Å²) in [6.07, 6.45) is 6.88. The van der Waals surface area contributed by atoms with Gasteiger partial charge in [0.15, 0.2) is 5.69 Å². The van der Waals surface area contributed by atoms with Gasteiger partial charge in [0.1, 0.15) is 5.75 Å². The van der Waals surface area contributed by atoms with Crippen molar-refractivity contribution >= 4 is 12.0 Å². The SMILES string of the molecule is O=C(O)c1ccn(C(=O)N2C[C@H]3CC(Oc4cccc(-c5ccncc5)c4)C[C@H]3C2)n1. The van der Waals surface area contributed by atoms with E-state index in [1.54, 1.807) is 17.3 Å². The van der Waals surface area contributed by atoms with Crippen molar-refractivity contribution in [1.29, 1.82) is 0 Å². The minimum Gasteiger partial charge on any atom is -0.490 e. The van der Waals surface area contributed by atoms with Crippen LogP contribution in [-0.4, -0.2) is 56.0 Å². The number of aromatic nitrogens is 3. The average molecular weight is 418 g/mol. The molecule has 2 fully saturated rings. The standard InChI is InChI=1S/C23H22N4O4/c28-22(29)21-6-9-27(25-21)23(30)26-13-17-11-20(12-18(17)14-26)31-19-3-1-2-16(10-19)15-4-7-24-8-5-15/h1-10,17-18,20H,11-14H2,(H,28,29)/t17-,18+,20?. The third kappa shape index (κ3) is 3.88. The number of amides is 1. The van der Waals surface area contributed by atoms with Gasteiger partial charge in [-0.2, -0.15) is 9.78 Å². The summed E-state index contributed by atoms with van der Waals surface area (Å²) in [6.45, 7) is 1.28. The van der Waals surface area contributed by atoms with E-state index in [1.165, 1.54) is 12.3 Å². The van der Waals surface area contributed by atoms with Gasteiger partial charge in [-0.1, -0.05) is 12.1 Å². The van der Waals surface area contributed by atoms with Crippen LogP contribution in [0, 0.1) is 11.8 Å². The average Bonchev–Trinajstić information content (AvgIpc) is 3.49. The van der Waals surface area contributed by atoms with Crippen molar-refractivity contribution in [3.8, 4) is 16.9 Å². The Hall–Kier alpha value is -3.68. The maximum absolute atomic E-state index is 12.7. The number of ether oxygens (including phenoxy) is 1. The Morgan fingerprint density at radius 1 is 1.00 bits per heavy atom. The number of aromatic carboxylic acids is 1. The number of carbonyl (C=O) groups is 2. The van der Waals surface area contributed by atoms with Crippen molar-refractivity contribution in [2.24, 2.45) is 11.8 Å². The van der Waals surface area contributed by atoms with Crippen molar-refractivity contribution in [3.05, 3.63) is 66.7 Å². The van der Waals surface area contributed by atoms with E-state index in [-0.39, 0.29) is 17.8 Å². The summed E-state index contributed by atoms with van der Waals surface area (Å²) in [6, 6.07) is 13.1. The lowest BCUT2D eigenvalue weighted by Gasteiger charge is -2.20. The molecule has 1 unspecified atom stereocenters. The molecule has 31 heavy (non-hydrogen) atoms. The van der Waals surface area contributed by atoms with Crippen LogP contribution in [0.25, 0.3) is 11.1 Å². The van der Waals surface area contributed by atoms with Gasteiger partial charge in [0.25, 0.3) is 0 Å². The third-order valence-corrected chi connectivity index (χ3v) is 6.13. The topological polar surface area (TPSA) is 97.5 Å². The van der Waals surface area contributed by atoms with Crippen LogP contribution in [0.5, 0.6) is 5.75 Å². The van der Waals surface area contributed by atoms with Crippen LogP contribution in [0.4, 0.5) is 4.79 Å². The van der Waals surface area contributed by atoms with Gasteiger partial charge in [0.05, 0.1) is 6.10 Å². The lowest BCUT2D eigenvalue weighted by atomic mass is 10.0. The van der Waals surface area contributed by atoms with Crippen molar-refractivity contribution in [2.45, 2.75) is 18.9 Å². The molecular weight excluding hydrogens is 396 g/mol. The Morgan fingerprint density at radius 2 is 1.74 bits per heavy atom. The number of nitrogens with zero attached hydrogens (tertiary/aromatic N) is 4. The number of benzene rings is 1. The second kappa shape index (κ2) is 7.86. The highest BCUT2D eigenvalue weighted by molar-refractivity contribution is 5.86.